The molecule has 0 amide bonds. The highest BCUT2D eigenvalue weighted by Crippen LogP contribution is 2.06. The number of carbonyl (C=O) groups excluding carboxylic acids is 1. The van der Waals surface area contributed by atoms with E-state index in [9.17, 15) is 4.79 Å². The Morgan fingerprint density at radius 1 is 1.13 bits per heavy atom. The molecule has 0 saturated carbocycles. The maximum absolute atomic E-state index is 9.85. The molecule has 1 rings (SSSR count). The van der Waals surface area contributed by atoms with Crippen LogP contribution in [0.1, 0.15) is 31.2 Å². The molecule has 0 bridgehead atoms. The lowest BCUT2D eigenvalue weighted by Gasteiger charge is -2.01. The van der Waals surface area contributed by atoms with E-state index < -0.39 is 0 Å². The average molecular weight is 207 g/mol. The number of aromatic nitrogens is 1. The largest absolute Gasteiger partial charge is 0.468 e. The number of hydrogen-bond acceptors (Lipinski definition) is 3. The molecule has 15 heavy (non-hydrogen) atoms. The molecule has 0 aromatic carbocycles. The van der Waals surface area contributed by atoms with Gasteiger partial charge in [0.25, 0.3) is 6.47 Å². The molecule has 0 unspecified atom stereocenters. The maximum Gasteiger partial charge on any atom is 0.293 e. The minimum atomic E-state index is 0.511. The van der Waals surface area contributed by atoms with E-state index >= 15 is 0 Å². The Bertz CT molecular complexity index is 262. The second-order valence-corrected chi connectivity index (χ2v) is 3.49. The Hall–Kier alpha value is -1.38. The zero-order chi connectivity index (χ0) is 10.8. The third kappa shape index (κ3) is 5.83. The van der Waals surface area contributed by atoms with Crippen molar-refractivity contribution in [2.75, 3.05) is 6.61 Å². The van der Waals surface area contributed by atoms with Crippen LogP contribution in [-0.2, 0) is 16.0 Å². The van der Waals surface area contributed by atoms with Gasteiger partial charge in [-0.05, 0) is 37.0 Å². The molecule has 0 radical (unpaired) electrons. The number of rotatable bonds is 8. The fourth-order valence-corrected chi connectivity index (χ4v) is 1.47. The molecular formula is C12H17NO2. The van der Waals surface area contributed by atoms with E-state index in [1.807, 2.05) is 12.4 Å². The van der Waals surface area contributed by atoms with E-state index in [0.29, 0.717) is 13.1 Å². The van der Waals surface area contributed by atoms with E-state index in [2.05, 4.69) is 21.9 Å². The lowest BCUT2D eigenvalue weighted by molar-refractivity contribution is -0.128. The average Bonchev–Trinajstić information content (AvgIpc) is 2.29. The second-order valence-electron chi connectivity index (χ2n) is 3.49. The Kier molecular flexibility index (Phi) is 6.21. The van der Waals surface area contributed by atoms with Gasteiger partial charge in [-0.3, -0.25) is 9.78 Å². The van der Waals surface area contributed by atoms with Crippen LogP contribution in [0.25, 0.3) is 0 Å². The molecule has 3 heteroatoms. The molecule has 0 fully saturated rings. The molecule has 1 aromatic heterocycles. The van der Waals surface area contributed by atoms with E-state index in [-0.39, 0.29) is 0 Å². The molecule has 1 heterocycles. The predicted octanol–water partition coefficient (Wildman–Crippen LogP) is 2.36. The Morgan fingerprint density at radius 3 is 2.60 bits per heavy atom. The first kappa shape index (κ1) is 11.7. The third-order valence-electron chi connectivity index (χ3n) is 2.30. The second kappa shape index (κ2) is 7.97. The monoisotopic (exact) mass is 207 g/mol. The zero-order valence-electron chi connectivity index (χ0n) is 8.89. The van der Waals surface area contributed by atoms with Gasteiger partial charge in [0, 0.05) is 12.4 Å². The molecule has 3 nitrogen and oxygen atoms in total. The first-order valence-corrected chi connectivity index (χ1v) is 5.37. The summed E-state index contributed by atoms with van der Waals surface area (Å²) in [7, 11) is 0. The van der Waals surface area contributed by atoms with Crippen molar-refractivity contribution in [3.63, 3.8) is 0 Å². The van der Waals surface area contributed by atoms with Crippen LogP contribution in [0.4, 0.5) is 0 Å². The molecule has 1 aromatic rings. The van der Waals surface area contributed by atoms with E-state index in [0.717, 1.165) is 19.3 Å². The van der Waals surface area contributed by atoms with Crippen molar-refractivity contribution in [2.24, 2.45) is 0 Å². The SMILES string of the molecule is O=COCCCCCCc1ccncc1. The van der Waals surface area contributed by atoms with Crippen molar-refractivity contribution >= 4 is 6.47 Å². The molecule has 0 aliphatic heterocycles. The highest BCUT2D eigenvalue weighted by Gasteiger charge is 1.93. The lowest BCUT2D eigenvalue weighted by atomic mass is 10.1. The summed E-state index contributed by atoms with van der Waals surface area (Å²) in [5.74, 6) is 0. The summed E-state index contributed by atoms with van der Waals surface area (Å²) in [5, 5.41) is 0. The van der Waals surface area contributed by atoms with Gasteiger partial charge in [-0.2, -0.15) is 0 Å². The number of pyridine rings is 1. The van der Waals surface area contributed by atoms with Gasteiger partial charge >= 0.3 is 0 Å². The first-order valence-electron chi connectivity index (χ1n) is 5.37. The summed E-state index contributed by atoms with van der Waals surface area (Å²) in [6, 6.07) is 4.10. The maximum atomic E-state index is 9.85. The van der Waals surface area contributed by atoms with Crippen molar-refractivity contribution < 1.29 is 9.53 Å². The standard InChI is InChI=1S/C12H17NO2/c14-11-15-10-4-2-1-3-5-12-6-8-13-9-7-12/h6-9,11H,1-5,10H2. The molecule has 0 N–H and O–H groups in total. The van der Waals surface area contributed by atoms with Gasteiger partial charge in [-0.1, -0.05) is 12.8 Å². The predicted molar refractivity (Wildman–Crippen MR) is 58.4 cm³/mol. The third-order valence-corrected chi connectivity index (χ3v) is 2.30. The smallest absolute Gasteiger partial charge is 0.293 e. The van der Waals surface area contributed by atoms with Crippen molar-refractivity contribution in [1.82, 2.24) is 4.98 Å². The van der Waals surface area contributed by atoms with Crippen molar-refractivity contribution in [3.8, 4) is 0 Å². The van der Waals surface area contributed by atoms with Gasteiger partial charge in [0.1, 0.15) is 0 Å². The van der Waals surface area contributed by atoms with Gasteiger partial charge in [-0.15, -0.1) is 0 Å². The van der Waals surface area contributed by atoms with Crippen LogP contribution < -0.4 is 0 Å². The quantitative estimate of drug-likeness (QED) is 0.485. The van der Waals surface area contributed by atoms with Gasteiger partial charge in [0.05, 0.1) is 6.61 Å². The number of unbranched alkanes of at least 4 members (excludes halogenated alkanes) is 3. The fraction of sp³-hybridized carbons (Fsp3) is 0.500. The number of ether oxygens (including phenoxy) is 1. The highest BCUT2D eigenvalue weighted by molar-refractivity contribution is 5.36. The molecule has 0 atom stereocenters. The molecule has 0 aliphatic carbocycles. The minimum Gasteiger partial charge on any atom is -0.468 e. The van der Waals surface area contributed by atoms with Crippen LogP contribution in [0.3, 0.4) is 0 Å². The molecule has 0 aliphatic rings. The van der Waals surface area contributed by atoms with Crippen LogP contribution in [0.5, 0.6) is 0 Å². The summed E-state index contributed by atoms with van der Waals surface area (Å²) in [5.41, 5.74) is 1.34. The first-order chi connectivity index (χ1) is 7.43. The van der Waals surface area contributed by atoms with Gasteiger partial charge in [-0.25, -0.2) is 0 Å². The normalized spacial score (nSPS) is 9.87. The number of hydrogen-bond donors (Lipinski definition) is 0. The molecule has 0 spiro atoms. The van der Waals surface area contributed by atoms with Crippen LogP contribution in [0.15, 0.2) is 24.5 Å². The summed E-state index contributed by atoms with van der Waals surface area (Å²) in [4.78, 5) is 13.8. The zero-order valence-corrected chi connectivity index (χ0v) is 8.89. The Balaban J connectivity index is 1.95. The molecule has 82 valence electrons. The fourth-order valence-electron chi connectivity index (χ4n) is 1.47. The van der Waals surface area contributed by atoms with E-state index in [4.69, 9.17) is 0 Å². The lowest BCUT2D eigenvalue weighted by Crippen LogP contribution is -1.92. The van der Waals surface area contributed by atoms with Crippen LogP contribution in [0.2, 0.25) is 0 Å². The minimum absolute atomic E-state index is 0.511. The number of carbonyl (C=O) groups is 1. The van der Waals surface area contributed by atoms with Crippen LogP contribution in [-0.4, -0.2) is 18.1 Å². The van der Waals surface area contributed by atoms with Gasteiger partial charge in [0.15, 0.2) is 0 Å². The van der Waals surface area contributed by atoms with Crippen LogP contribution >= 0.6 is 0 Å². The number of aryl methyl sites for hydroxylation is 1. The highest BCUT2D eigenvalue weighted by atomic mass is 16.5. The molecular weight excluding hydrogens is 190 g/mol. The number of nitrogens with zero attached hydrogens (tertiary/aromatic N) is 1. The van der Waals surface area contributed by atoms with Gasteiger partial charge < -0.3 is 4.74 Å². The summed E-state index contributed by atoms with van der Waals surface area (Å²) in [6.45, 7) is 1.07. The Labute approximate surface area is 90.5 Å². The van der Waals surface area contributed by atoms with E-state index in [1.54, 1.807) is 0 Å². The molecule has 0 saturated heterocycles. The summed E-state index contributed by atoms with van der Waals surface area (Å²) in [6.07, 6.45) is 9.22. The summed E-state index contributed by atoms with van der Waals surface area (Å²) < 4.78 is 4.61. The topological polar surface area (TPSA) is 39.2 Å². The van der Waals surface area contributed by atoms with Crippen molar-refractivity contribution in [3.05, 3.63) is 30.1 Å². The van der Waals surface area contributed by atoms with Crippen molar-refractivity contribution in [2.45, 2.75) is 32.1 Å². The summed E-state index contributed by atoms with van der Waals surface area (Å²) >= 11 is 0. The van der Waals surface area contributed by atoms with Gasteiger partial charge in [0.2, 0.25) is 0 Å². The Morgan fingerprint density at radius 2 is 1.87 bits per heavy atom. The van der Waals surface area contributed by atoms with Crippen molar-refractivity contribution in [1.29, 1.82) is 0 Å². The van der Waals surface area contributed by atoms with Crippen LogP contribution in [0, 0.1) is 0 Å². The van der Waals surface area contributed by atoms with E-state index in [1.165, 1.54) is 18.4 Å².